The van der Waals surface area contributed by atoms with Gasteiger partial charge < -0.3 is 19.5 Å². The molecule has 1 aromatic carbocycles. The molecule has 4 nitrogen and oxygen atoms in total. The maximum Gasteiger partial charge on any atom is 0.411 e. The summed E-state index contributed by atoms with van der Waals surface area (Å²) in [5.74, 6) is 0.707. The highest BCUT2D eigenvalue weighted by Gasteiger charge is 2.27. The van der Waals surface area contributed by atoms with E-state index in [4.69, 9.17) is 21.1 Å². The lowest BCUT2D eigenvalue weighted by atomic mass is 10.2. The summed E-state index contributed by atoms with van der Waals surface area (Å²) in [6.45, 7) is -0.956. The minimum Gasteiger partial charge on any atom is -0.493 e. The molecule has 0 aromatic heterocycles. The predicted octanol–water partition coefficient (Wildman–Crippen LogP) is 3.03. The van der Waals surface area contributed by atoms with Gasteiger partial charge in [-0.2, -0.15) is 13.2 Å². The quantitative estimate of drug-likeness (QED) is 0.745. The minimum absolute atomic E-state index is 0.0580. The standard InChI is InChI=1S/C13H17ClF3NO3/c1-18-7-9-5-10(14)12(11(6-9)19-2)21-4-3-20-8-13(15,16)17/h5-6,18H,3-4,7-8H2,1-2H3. The molecule has 0 aliphatic heterocycles. The Morgan fingerprint density at radius 1 is 1.24 bits per heavy atom. The Morgan fingerprint density at radius 2 is 1.95 bits per heavy atom. The van der Waals surface area contributed by atoms with E-state index in [-0.39, 0.29) is 19.0 Å². The van der Waals surface area contributed by atoms with Gasteiger partial charge in [-0.3, -0.25) is 0 Å². The van der Waals surface area contributed by atoms with Crippen LogP contribution in [0.25, 0.3) is 0 Å². The summed E-state index contributed by atoms with van der Waals surface area (Å²) in [6, 6.07) is 3.45. The Balaban J connectivity index is 2.58. The molecule has 21 heavy (non-hydrogen) atoms. The van der Waals surface area contributed by atoms with Gasteiger partial charge in [0.2, 0.25) is 0 Å². The summed E-state index contributed by atoms with van der Waals surface area (Å²) in [5.41, 5.74) is 0.903. The van der Waals surface area contributed by atoms with Crippen LogP contribution < -0.4 is 14.8 Å². The van der Waals surface area contributed by atoms with Crippen molar-refractivity contribution < 1.29 is 27.4 Å². The number of benzene rings is 1. The number of nitrogens with one attached hydrogen (secondary N) is 1. The SMILES string of the molecule is CNCc1cc(Cl)c(OCCOCC(F)(F)F)c(OC)c1. The van der Waals surface area contributed by atoms with Crippen LogP contribution >= 0.6 is 11.6 Å². The zero-order valence-electron chi connectivity index (χ0n) is 11.7. The summed E-state index contributed by atoms with van der Waals surface area (Å²) in [6.07, 6.45) is -4.34. The lowest BCUT2D eigenvalue weighted by Gasteiger charge is -2.14. The van der Waals surface area contributed by atoms with Gasteiger partial charge in [-0.05, 0) is 24.7 Å². The molecule has 0 aliphatic carbocycles. The van der Waals surface area contributed by atoms with E-state index in [1.165, 1.54) is 7.11 Å². The monoisotopic (exact) mass is 327 g/mol. The molecular weight excluding hydrogens is 311 g/mol. The summed E-state index contributed by atoms with van der Waals surface area (Å²) in [5, 5.41) is 3.30. The van der Waals surface area contributed by atoms with E-state index in [2.05, 4.69) is 10.1 Å². The van der Waals surface area contributed by atoms with E-state index in [1.54, 1.807) is 19.2 Å². The van der Waals surface area contributed by atoms with Crippen molar-refractivity contribution in [2.24, 2.45) is 0 Å². The first kappa shape index (κ1) is 17.9. The molecule has 1 N–H and O–H groups in total. The van der Waals surface area contributed by atoms with Crippen LogP contribution in [-0.2, 0) is 11.3 Å². The molecule has 0 radical (unpaired) electrons. The fourth-order valence-corrected chi connectivity index (χ4v) is 1.90. The molecule has 1 rings (SSSR count). The van der Waals surface area contributed by atoms with Gasteiger partial charge >= 0.3 is 6.18 Å². The van der Waals surface area contributed by atoms with E-state index in [0.717, 1.165) is 5.56 Å². The third-order valence-corrected chi connectivity index (χ3v) is 2.69. The number of hydrogen-bond donors (Lipinski definition) is 1. The Kier molecular flexibility index (Phi) is 7.07. The Morgan fingerprint density at radius 3 is 2.52 bits per heavy atom. The third-order valence-electron chi connectivity index (χ3n) is 2.41. The summed E-state index contributed by atoms with van der Waals surface area (Å²) < 4.78 is 50.6. The van der Waals surface area contributed by atoms with E-state index < -0.39 is 12.8 Å². The van der Waals surface area contributed by atoms with E-state index >= 15 is 0 Å². The fraction of sp³-hybridized carbons (Fsp3) is 0.538. The zero-order valence-corrected chi connectivity index (χ0v) is 12.5. The third kappa shape index (κ3) is 6.41. The highest BCUT2D eigenvalue weighted by atomic mass is 35.5. The second-order valence-corrected chi connectivity index (χ2v) is 4.56. The largest absolute Gasteiger partial charge is 0.493 e. The number of halogens is 4. The molecule has 0 aliphatic rings. The molecule has 0 spiro atoms. The molecule has 8 heteroatoms. The highest BCUT2D eigenvalue weighted by Crippen LogP contribution is 2.36. The van der Waals surface area contributed by atoms with Crippen molar-refractivity contribution in [3.63, 3.8) is 0 Å². The van der Waals surface area contributed by atoms with Crippen molar-refractivity contribution in [3.8, 4) is 11.5 Å². The van der Waals surface area contributed by atoms with Crippen LogP contribution in [0.5, 0.6) is 11.5 Å². The van der Waals surface area contributed by atoms with Gasteiger partial charge in [-0.1, -0.05) is 11.6 Å². The zero-order chi connectivity index (χ0) is 15.9. The van der Waals surface area contributed by atoms with Crippen LogP contribution in [0.3, 0.4) is 0 Å². The molecular formula is C13H17ClF3NO3. The molecule has 0 bridgehead atoms. The van der Waals surface area contributed by atoms with E-state index in [1.807, 2.05) is 0 Å². The average molecular weight is 328 g/mol. The van der Waals surface area contributed by atoms with Crippen molar-refractivity contribution in [1.29, 1.82) is 0 Å². The van der Waals surface area contributed by atoms with Gasteiger partial charge in [0.25, 0.3) is 0 Å². The second kappa shape index (κ2) is 8.31. The topological polar surface area (TPSA) is 39.7 Å². The van der Waals surface area contributed by atoms with Crippen molar-refractivity contribution in [2.45, 2.75) is 12.7 Å². The van der Waals surface area contributed by atoms with Crippen LogP contribution in [0, 0.1) is 0 Å². The van der Waals surface area contributed by atoms with Gasteiger partial charge in [-0.15, -0.1) is 0 Å². The van der Waals surface area contributed by atoms with E-state index in [9.17, 15) is 13.2 Å². The smallest absolute Gasteiger partial charge is 0.411 e. The van der Waals surface area contributed by atoms with Crippen LogP contribution in [0.4, 0.5) is 13.2 Å². The lowest BCUT2D eigenvalue weighted by Crippen LogP contribution is -2.19. The summed E-state index contributed by atoms with van der Waals surface area (Å²) >= 11 is 6.08. The molecule has 0 saturated carbocycles. The van der Waals surface area contributed by atoms with Crippen LogP contribution in [-0.4, -0.2) is 40.2 Å². The molecule has 0 fully saturated rings. The number of methoxy groups -OCH3 is 1. The molecule has 0 heterocycles. The molecule has 0 saturated heterocycles. The van der Waals surface area contributed by atoms with Gasteiger partial charge in [0.1, 0.15) is 13.2 Å². The number of ether oxygens (including phenoxy) is 3. The maximum absolute atomic E-state index is 11.9. The first-order valence-corrected chi connectivity index (χ1v) is 6.53. The van der Waals surface area contributed by atoms with Gasteiger partial charge in [0.05, 0.1) is 18.7 Å². The van der Waals surface area contributed by atoms with Crippen molar-refractivity contribution >= 4 is 11.6 Å². The normalized spacial score (nSPS) is 11.5. The van der Waals surface area contributed by atoms with Crippen LogP contribution in [0.2, 0.25) is 5.02 Å². The molecule has 0 amide bonds. The van der Waals surface area contributed by atoms with Gasteiger partial charge in [-0.25, -0.2) is 0 Å². The first-order valence-electron chi connectivity index (χ1n) is 6.15. The number of alkyl halides is 3. The van der Waals surface area contributed by atoms with E-state index in [0.29, 0.717) is 17.3 Å². The lowest BCUT2D eigenvalue weighted by molar-refractivity contribution is -0.175. The van der Waals surface area contributed by atoms with Crippen molar-refractivity contribution in [2.75, 3.05) is 34.0 Å². The summed E-state index contributed by atoms with van der Waals surface area (Å²) in [7, 11) is 3.25. The first-order chi connectivity index (χ1) is 9.87. The second-order valence-electron chi connectivity index (χ2n) is 4.16. The van der Waals surface area contributed by atoms with Crippen molar-refractivity contribution in [1.82, 2.24) is 5.32 Å². The van der Waals surface area contributed by atoms with Crippen molar-refractivity contribution in [3.05, 3.63) is 22.7 Å². The molecule has 0 atom stereocenters. The fourth-order valence-electron chi connectivity index (χ4n) is 1.61. The molecule has 1 aromatic rings. The molecule has 0 unspecified atom stereocenters. The Labute approximate surface area is 126 Å². The Hall–Kier alpha value is -1.18. The summed E-state index contributed by atoms with van der Waals surface area (Å²) in [4.78, 5) is 0. The maximum atomic E-state index is 11.9. The number of hydrogen-bond acceptors (Lipinski definition) is 4. The van der Waals surface area contributed by atoms with Gasteiger partial charge in [0, 0.05) is 6.54 Å². The highest BCUT2D eigenvalue weighted by molar-refractivity contribution is 6.32. The minimum atomic E-state index is -4.34. The van der Waals surface area contributed by atoms with Crippen LogP contribution in [0.15, 0.2) is 12.1 Å². The average Bonchev–Trinajstić information content (AvgIpc) is 2.39. The van der Waals surface area contributed by atoms with Crippen LogP contribution in [0.1, 0.15) is 5.56 Å². The predicted molar refractivity (Wildman–Crippen MR) is 73.1 cm³/mol. The number of rotatable bonds is 8. The Bertz CT molecular complexity index is 455. The molecule has 120 valence electrons. The van der Waals surface area contributed by atoms with Gasteiger partial charge in [0.15, 0.2) is 11.5 Å².